The fourth-order valence-corrected chi connectivity index (χ4v) is 0. The van der Waals surface area contributed by atoms with Gasteiger partial charge >= 0.3 is 51.4 Å². The van der Waals surface area contributed by atoms with Gasteiger partial charge in [-0.3, -0.25) is 0 Å². The molecule has 0 rings (SSSR count). The van der Waals surface area contributed by atoms with Crippen molar-refractivity contribution in [2.45, 2.75) is 20.8 Å². The third-order valence-electron chi connectivity index (χ3n) is 0.354. The summed E-state index contributed by atoms with van der Waals surface area (Å²) in [5, 5.41) is 0. The summed E-state index contributed by atoms with van der Waals surface area (Å²) in [6.07, 6.45) is 0.938. The Labute approximate surface area is 88.8 Å². The molecule has 0 radical (unpaired) electrons. The van der Waals surface area contributed by atoms with Gasteiger partial charge in [0.1, 0.15) is 6.29 Å². The van der Waals surface area contributed by atoms with Crippen LogP contribution in [0.2, 0.25) is 0 Å². The van der Waals surface area contributed by atoms with E-state index in [1.807, 2.05) is 20.8 Å². The van der Waals surface area contributed by atoms with Crippen LogP contribution >= 0.6 is 0 Å². The normalized spacial score (nSPS) is 9.57. The maximum Gasteiger partial charge on any atom is 1.00 e. The average Bonchev–Trinajstić information content (AvgIpc) is 1.35. The minimum absolute atomic E-state index is 0. The summed E-state index contributed by atoms with van der Waals surface area (Å²) < 4.78 is 0. The smallest absolute Gasteiger partial charge is 1.00 e. The Morgan fingerprint density at radius 3 is 1.57 bits per heavy atom. The van der Waals surface area contributed by atoms with Crippen LogP contribution in [0, 0.1) is 5.41 Å². The van der Waals surface area contributed by atoms with Gasteiger partial charge in [-0.2, -0.15) is 0 Å². The Morgan fingerprint density at radius 1 is 1.43 bits per heavy atom. The zero-order chi connectivity index (χ0) is 5.21. The molecule has 0 unspecified atom stereocenters. The van der Waals surface area contributed by atoms with Gasteiger partial charge < -0.3 is 6.22 Å². The van der Waals surface area contributed by atoms with Gasteiger partial charge in [-0.25, -0.2) is 0 Å². The first-order chi connectivity index (χ1) is 2.56. The van der Waals surface area contributed by atoms with Gasteiger partial charge in [-0.15, -0.1) is 0 Å². The van der Waals surface area contributed by atoms with Crippen molar-refractivity contribution in [2.75, 3.05) is 0 Å². The largest absolute Gasteiger partial charge is 1.00 e. The molecular formula is C5H11KO. The van der Waals surface area contributed by atoms with Crippen LogP contribution in [0.3, 0.4) is 0 Å². The summed E-state index contributed by atoms with van der Waals surface area (Å²) in [5.41, 5.74) is -0.139. The molecule has 0 amide bonds. The molecule has 0 bridgehead atoms. The first-order valence-corrected chi connectivity index (χ1v) is 2.02. The van der Waals surface area contributed by atoms with Gasteiger partial charge in [-0.1, -0.05) is 20.8 Å². The standard InChI is InChI=1S/C5H10O.K.H/c1-5(2,3)4-6;;/h4H,1-3H3;;/q;+1;-1. The second kappa shape index (κ2) is 4.21. The van der Waals surface area contributed by atoms with E-state index in [4.69, 9.17) is 0 Å². The zero-order valence-electron chi connectivity index (χ0n) is 6.49. The molecule has 0 aromatic rings. The van der Waals surface area contributed by atoms with Crippen LogP contribution < -0.4 is 51.4 Å². The topological polar surface area (TPSA) is 17.1 Å². The molecule has 0 aromatic carbocycles. The molecule has 0 aliphatic heterocycles. The molecule has 0 fully saturated rings. The van der Waals surface area contributed by atoms with Crippen molar-refractivity contribution >= 4 is 6.29 Å². The molecule has 0 saturated heterocycles. The predicted octanol–water partition coefficient (Wildman–Crippen LogP) is -1.65. The van der Waals surface area contributed by atoms with Gasteiger partial charge in [0.15, 0.2) is 0 Å². The van der Waals surface area contributed by atoms with E-state index >= 15 is 0 Å². The van der Waals surface area contributed by atoms with Crippen LogP contribution in [-0.4, -0.2) is 6.29 Å². The average molecular weight is 126 g/mol. The molecule has 0 N–H and O–H groups in total. The Bertz CT molecular complexity index is 57.9. The first-order valence-electron chi connectivity index (χ1n) is 2.02. The number of hydrogen-bond donors (Lipinski definition) is 0. The van der Waals surface area contributed by atoms with Gasteiger partial charge in [0.25, 0.3) is 0 Å². The van der Waals surface area contributed by atoms with E-state index in [2.05, 4.69) is 0 Å². The summed E-state index contributed by atoms with van der Waals surface area (Å²) in [6.45, 7) is 5.62. The Balaban J connectivity index is -0.000000125. The summed E-state index contributed by atoms with van der Waals surface area (Å²) in [6, 6.07) is 0. The molecule has 0 atom stereocenters. The van der Waals surface area contributed by atoms with E-state index < -0.39 is 0 Å². The van der Waals surface area contributed by atoms with Gasteiger partial charge in [0, 0.05) is 5.41 Å². The van der Waals surface area contributed by atoms with Crippen LogP contribution in [-0.2, 0) is 4.79 Å². The molecule has 0 aliphatic rings. The van der Waals surface area contributed by atoms with Crippen molar-refractivity contribution in [1.82, 2.24) is 0 Å². The number of hydrogen-bond acceptors (Lipinski definition) is 1. The van der Waals surface area contributed by atoms with Crippen LogP contribution in [0.4, 0.5) is 0 Å². The minimum Gasteiger partial charge on any atom is -1.00 e. The van der Waals surface area contributed by atoms with E-state index in [-0.39, 0.29) is 58.2 Å². The van der Waals surface area contributed by atoms with Crippen molar-refractivity contribution in [3.8, 4) is 0 Å². The molecule has 0 saturated carbocycles. The molecule has 0 aromatic heterocycles. The van der Waals surface area contributed by atoms with Gasteiger partial charge in [-0.05, 0) is 0 Å². The fourth-order valence-electron chi connectivity index (χ4n) is 0. The van der Waals surface area contributed by atoms with Gasteiger partial charge in [0.2, 0.25) is 0 Å². The van der Waals surface area contributed by atoms with Crippen LogP contribution in [0.5, 0.6) is 0 Å². The summed E-state index contributed by atoms with van der Waals surface area (Å²) in [4.78, 5) is 9.83. The Morgan fingerprint density at radius 2 is 1.57 bits per heavy atom. The van der Waals surface area contributed by atoms with E-state index in [1.165, 1.54) is 0 Å². The molecule has 0 heterocycles. The fraction of sp³-hybridized carbons (Fsp3) is 0.800. The van der Waals surface area contributed by atoms with Crippen LogP contribution in [0.15, 0.2) is 0 Å². The summed E-state index contributed by atoms with van der Waals surface area (Å²) >= 11 is 0. The van der Waals surface area contributed by atoms with E-state index in [1.54, 1.807) is 0 Å². The second-order valence-electron chi connectivity index (χ2n) is 2.48. The van der Waals surface area contributed by atoms with Crippen molar-refractivity contribution < 1.29 is 57.6 Å². The molecule has 0 spiro atoms. The van der Waals surface area contributed by atoms with Crippen LogP contribution in [0.1, 0.15) is 22.2 Å². The molecule has 1 nitrogen and oxygen atoms in total. The summed E-state index contributed by atoms with van der Waals surface area (Å²) in [7, 11) is 0. The maximum absolute atomic E-state index is 9.83. The predicted molar refractivity (Wildman–Crippen MR) is 26.6 cm³/mol. The molecule has 0 aliphatic carbocycles. The first kappa shape index (κ1) is 11.1. The third-order valence-corrected chi connectivity index (χ3v) is 0.354. The quantitative estimate of drug-likeness (QED) is 0.281. The SMILES string of the molecule is CC(C)(C)C=O.[H-].[K+]. The minimum atomic E-state index is -0.139. The number of rotatable bonds is 0. The number of carbonyl (C=O) groups is 1. The number of carbonyl (C=O) groups excluding carboxylic acids is 1. The monoisotopic (exact) mass is 126 g/mol. The van der Waals surface area contributed by atoms with Gasteiger partial charge in [0.05, 0.1) is 0 Å². The van der Waals surface area contributed by atoms with E-state index in [0.29, 0.717) is 0 Å². The third kappa shape index (κ3) is 11.1. The maximum atomic E-state index is 9.83. The Hall–Kier alpha value is 1.31. The molecular weight excluding hydrogens is 115 g/mol. The van der Waals surface area contributed by atoms with Crippen molar-refractivity contribution in [3.05, 3.63) is 0 Å². The Kier molecular flexibility index (Phi) is 6.71. The molecule has 2 heteroatoms. The van der Waals surface area contributed by atoms with Crippen molar-refractivity contribution in [1.29, 1.82) is 0 Å². The van der Waals surface area contributed by atoms with Crippen LogP contribution in [0.25, 0.3) is 0 Å². The van der Waals surface area contributed by atoms with Crippen molar-refractivity contribution in [2.24, 2.45) is 5.41 Å². The molecule has 38 valence electrons. The summed E-state index contributed by atoms with van der Waals surface area (Å²) in [5.74, 6) is 0. The van der Waals surface area contributed by atoms with E-state index in [9.17, 15) is 4.79 Å². The number of aldehydes is 1. The second-order valence-corrected chi connectivity index (χ2v) is 2.48. The zero-order valence-corrected chi connectivity index (χ0v) is 8.61. The van der Waals surface area contributed by atoms with E-state index in [0.717, 1.165) is 6.29 Å². The molecule has 7 heavy (non-hydrogen) atoms. The van der Waals surface area contributed by atoms with Crippen molar-refractivity contribution in [3.63, 3.8) is 0 Å².